The summed E-state index contributed by atoms with van der Waals surface area (Å²) >= 11 is 11.5. The molecule has 20 heteroatoms. The van der Waals surface area contributed by atoms with Crippen LogP contribution in [0.4, 0.5) is 30.7 Å². The predicted molar refractivity (Wildman–Crippen MR) is 188 cm³/mol. The van der Waals surface area contributed by atoms with E-state index < -0.39 is 93.3 Å². The van der Waals surface area contributed by atoms with Gasteiger partial charge in [0.15, 0.2) is 29.1 Å². The highest BCUT2D eigenvalue weighted by Gasteiger charge is 2.66. The van der Waals surface area contributed by atoms with Crippen molar-refractivity contribution in [1.82, 2.24) is 34.3 Å². The van der Waals surface area contributed by atoms with Crippen LogP contribution in [-0.2, 0) is 22.4 Å². The topological polar surface area (TPSA) is 136 Å². The Morgan fingerprint density at radius 3 is 2.00 bits per heavy atom. The Kier molecular flexibility index (Phi) is 9.52. The largest absolute Gasteiger partial charge is 0.418 e. The summed E-state index contributed by atoms with van der Waals surface area (Å²) in [5.41, 5.74) is -7.91. The number of aliphatic hydroxyl groups excluding tert-OH is 2. The van der Waals surface area contributed by atoms with Crippen molar-refractivity contribution in [2.75, 3.05) is 6.61 Å². The summed E-state index contributed by atoms with van der Waals surface area (Å²) in [7, 11) is 0. The molecule has 298 valence electrons. The summed E-state index contributed by atoms with van der Waals surface area (Å²) in [6, 6.07) is 7.92. The smallest absolute Gasteiger partial charge is 0.394 e. The van der Waals surface area contributed by atoms with Gasteiger partial charge in [-0.05, 0) is 67.6 Å². The number of benzene rings is 3. The molecule has 4 atom stereocenters. The first-order valence-corrected chi connectivity index (χ1v) is 18.0. The van der Waals surface area contributed by atoms with E-state index in [0.29, 0.717) is 18.4 Å². The fraction of sp³-hybridized carbons (Fsp3) is 0.297. The Hall–Kier alpha value is -4.85. The third-order valence-electron chi connectivity index (χ3n) is 10.1. The van der Waals surface area contributed by atoms with E-state index in [4.69, 9.17) is 27.9 Å². The lowest BCUT2D eigenvalue weighted by molar-refractivity contribution is -0.338. The summed E-state index contributed by atoms with van der Waals surface area (Å²) in [5.74, 6) is -6.35. The van der Waals surface area contributed by atoms with Crippen molar-refractivity contribution in [3.05, 3.63) is 123 Å². The molecule has 2 fully saturated rings. The van der Waals surface area contributed by atoms with E-state index in [9.17, 15) is 37.3 Å². The van der Waals surface area contributed by atoms with Crippen LogP contribution in [0.3, 0.4) is 0 Å². The molecule has 57 heavy (non-hydrogen) atoms. The summed E-state index contributed by atoms with van der Waals surface area (Å²) in [4.78, 5) is 4.47. The van der Waals surface area contributed by atoms with E-state index in [1.165, 1.54) is 19.1 Å². The molecule has 11 nitrogen and oxygen atoms in total. The van der Waals surface area contributed by atoms with Crippen LogP contribution < -0.4 is 0 Å². The maximum absolute atomic E-state index is 15.3. The lowest BCUT2D eigenvalue weighted by Gasteiger charge is -2.51. The third kappa shape index (κ3) is 6.29. The number of rotatable bonds is 8. The number of aryl methyl sites for hydroxylation is 1. The molecule has 1 saturated carbocycles. The second-order valence-corrected chi connectivity index (χ2v) is 14.6. The SMILES string of the molecule is Cc1nc(C2(n3cc(-c4ccc(Cl)c(F)c4F)cn3)O[C@@H](CO)[C@@H](O)C[C@@]2(O)n2cc(-c3ccc(Cl)c(F)c3F)cn2)n(-c2cc(C3CC3)ccc2C(F)(F)F)n1. The van der Waals surface area contributed by atoms with Crippen molar-refractivity contribution < 1.29 is 50.8 Å². The van der Waals surface area contributed by atoms with Gasteiger partial charge in [0.2, 0.25) is 5.72 Å². The molecule has 1 aliphatic heterocycles. The molecular weight excluding hydrogens is 810 g/mol. The van der Waals surface area contributed by atoms with Gasteiger partial charge in [0.25, 0.3) is 5.72 Å². The molecule has 8 rings (SSSR count). The van der Waals surface area contributed by atoms with Crippen molar-refractivity contribution in [2.24, 2.45) is 0 Å². The van der Waals surface area contributed by atoms with Gasteiger partial charge in [-0.15, -0.1) is 0 Å². The Labute approximate surface area is 327 Å². The Balaban J connectivity index is 1.44. The highest BCUT2D eigenvalue weighted by Crippen LogP contribution is 2.51. The van der Waals surface area contributed by atoms with Crippen molar-refractivity contribution in [3.63, 3.8) is 0 Å². The van der Waals surface area contributed by atoms with Crippen molar-refractivity contribution >= 4 is 23.2 Å². The van der Waals surface area contributed by atoms with Crippen LogP contribution in [0, 0.1) is 30.2 Å². The average Bonchev–Trinajstić information content (AvgIpc) is 3.49. The molecule has 0 bridgehead atoms. The van der Waals surface area contributed by atoms with Gasteiger partial charge in [-0.2, -0.15) is 28.5 Å². The van der Waals surface area contributed by atoms with Gasteiger partial charge in [-0.3, -0.25) is 0 Å². The highest BCUT2D eigenvalue weighted by molar-refractivity contribution is 6.31. The monoisotopic (exact) mass is 837 g/mol. The standard InChI is InChI=1S/C37H28Cl2F7N7O4/c1-17-49-34(53(50-17)27-10-19(18-2-3-18)4-7-24(27)37(44,45)46)36(52-15-21(13-48-52)23-6-9-26(39)33(43)31(23)41)35(56,11-28(55)29(16-54)57-36)51-14-20(12-47-51)22-5-8-25(38)32(42)30(22)40/h4-10,12-15,18,28-29,54-56H,2-3,11,16H2,1H3/t28-,29-,35-,36?/m0/s1. The van der Waals surface area contributed by atoms with E-state index in [-0.39, 0.29) is 34.0 Å². The molecule has 4 heterocycles. The molecule has 0 amide bonds. The Morgan fingerprint density at radius 1 is 0.860 bits per heavy atom. The van der Waals surface area contributed by atoms with Gasteiger partial charge in [0.1, 0.15) is 11.9 Å². The molecule has 6 aromatic rings. The van der Waals surface area contributed by atoms with Gasteiger partial charge in [0.05, 0.1) is 46.4 Å². The summed E-state index contributed by atoms with van der Waals surface area (Å²) in [5, 5.41) is 46.8. The first kappa shape index (κ1) is 39.0. The molecule has 1 unspecified atom stereocenters. The molecule has 3 aromatic carbocycles. The fourth-order valence-electron chi connectivity index (χ4n) is 7.17. The van der Waals surface area contributed by atoms with Crippen LogP contribution in [0.15, 0.2) is 67.3 Å². The van der Waals surface area contributed by atoms with Crippen LogP contribution in [-0.4, -0.2) is 68.5 Å². The Morgan fingerprint density at radius 2 is 1.44 bits per heavy atom. The van der Waals surface area contributed by atoms with E-state index >= 15 is 8.78 Å². The van der Waals surface area contributed by atoms with E-state index in [0.717, 1.165) is 69.2 Å². The normalized spacial score (nSPS) is 22.7. The molecule has 0 spiro atoms. The first-order valence-electron chi connectivity index (χ1n) is 17.2. The molecule has 2 aliphatic rings. The number of alkyl halides is 3. The van der Waals surface area contributed by atoms with Gasteiger partial charge in [-0.1, -0.05) is 29.3 Å². The average molecular weight is 839 g/mol. The predicted octanol–water partition coefficient (Wildman–Crippen LogP) is 7.25. The van der Waals surface area contributed by atoms with Crippen molar-refractivity contribution in [2.45, 2.75) is 61.9 Å². The van der Waals surface area contributed by atoms with E-state index in [1.807, 2.05) is 0 Å². The number of hydrogen-bond donors (Lipinski definition) is 3. The summed E-state index contributed by atoms with van der Waals surface area (Å²) in [6.07, 6.45) is -3.57. The van der Waals surface area contributed by atoms with Crippen molar-refractivity contribution in [1.29, 1.82) is 0 Å². The zero-order valence-corrected chi connectivity index (χ0v) is 30.7. The third-order valence-corrected chi connectivity index (χ3v) is 10.7. The lowest BCUT2D eigenvalue weighted by Crippen LogP contribution is -2.68. The van der Waals surface area contributed by atoms with Crippen LogP contribution in [0.2, 0.25) is 10.0 Å². The highest BCUT2D eigenvalue weighted by atomic mass is 35.5. The van der Waals surface area contributed by atoms with Crippen molar-refractivity contribution in [3.8, 4) is 27.9 Å². The minimum Gasteiger partial charge on any atom is -0.394 e. The molecule has 1 saturated heterocycles. The van der Waals surface area contributed by atoms with E-state index in [2.05, 4.69) is 20.3 Å². The number of halogens is 9. The van der Waals surface area contributed by atoms with Gasteiger partial charge < -0.3 is 20.1 Å². The number of nitrogens with zero attached hydrogens (tertiary/aromatic N) is 7. The number of aliphatic hydroxyl groups is 3. The summed E-state index contributed by atoms with van der Waals surface area (Å²) in [6.45, 7) is 0.415. The zero-order valence-electron chi connectivity index (χ0n) is 29.2. The number of hydrogen-bond acceptors (Lipinski definition) is 8. The Bertz CT molecular complexity index is 2540. The minimum absolute atomic E-state index is 0.0474. The van der Waals surface area contributed by atoms with Gasteiger partial charge in [0, 0.05) is 41.1 Å². The molecule has 1 aliphatic carbocycles. The quantitative estimate of drug-likeness (QED) is 0.108. The minimum atomic E-state index is -4.96. The van der Waals surface area contributed by atoms with Crippen LogP contribution in [0.5, 0.6) is 0 Å². The molecular formula is C37H28Cl2F7N7O4. The number of aromatic nitrogens is 7. The van der Waals surface area contributed by atoms with Gasteiger partial charge >= 0.3 is 6.18 Å². The maximum atomic E-state index is 15.3. The lowest BCUT2D eigenvalue weighted by atomic mass is 9.86. The second kappa shape index (κ2) is 13.9. The van der Waals surface area contributed by atoms with Crippen LogP contribution >= 0.6 is 23.2 Å². The second-order valence-electron chi connectivity index (χ2n) is 13.8. The summed E-state index contributed by atoms with van der Waals surface area (Å²) < 4.78 is 113. The maximum Gasteiger partial charge on any atom is 0.418 e. The first-order chi connectivity index (χ1) is 27.0. The van der Waals surface area contributed by atoms with Crippen LogP contribution in [0.25, 0.3) is 27.9 Å². The molecule has 0 radical (unpaired) electrons. The van der Waals surface area contributed by atoms with Gasteiger partial charge in [-0.25, -0.2) is 36.6 Å². The molecule has 3 aromatic heterocycles. The number of ether oxygens (including phenoxy) is 1. The molecule has 3 N–H and O–H groups in total. The zero-order chi connectivity index (χ0) is 40.8. The van der Waals surface area contributed by atoms with Crippen LogP contribution in [0.1, 0.15) is 48.0 Å². The fourth-order valence-corrected chi connectivity index (χ4v) is 7.46. The van der Waals surface area contributed by atoms with E-state index in [1.54, 1.807) is 0 Å².